The Kier molecular flexibility index (Phi) is 4.88. The first-order valence-electron chi connectivity index (χ1n) is 10.1. The fourth-order valence-corrected chi connectivity index (χ4v) is 3.81. The zero-order valence-corrected chi connectivity index (χ0v) is 16.9. The van der Waals surface area contributed by atoms with Crippen molar-refractivity contribution >= 4 is 33.5 Å². The van der Waals surface area contributed by atoms with Crippen LogP contribution in [0.5, 0.6) is 0 Å². The highest BCUT2D eigenvalue weighted by Gasteiger charge is 2.18. The summed E-state index contributed by atoms with van der Waals surface area (Å²) >= 11 is 0. The molecule has 6 nitrogen and oxygen atoms in total. The third-order valence-electron chi connectivity index (χ3n) is 5.32. The summed E-state index contributed by atoms with van der Waals surface area (Å²) in [5.74, 6) is -0.432. The second-order valence-corrected chi connectivity index (χ2v) is 7.40. The van der Waals surface area contributed by atoms with Crippen LogP contribution in [0.3, 0.4) is 0 Å². The fourth-order valence-electron chi connectivity index (χ4n) is 3.81. The van der Waals surface area contributed by atoms with Crippen molar-refractivity contribution in [1.82, 2.24) is 4.57 Å². The normalized spacial score (nSPS) is 11.0. The van der Waals surface area contributed by atoms with Crippen LogP contribution < -0.4 is 16.5 Å². The highest BCUT2D eigenvalue weighted by atomic mass is 16.4. The van der Waals surface area contributed by atoms with Gasteiger partial charge in [-0.15, -0.1) is 0 Å². The van der Waals surface area contributed by atoms with Gasteiger partial charge in [-0.1, -0.05) is 60.7 Å². The van der Waals surface area contributed by atoms with Crippen molar-refractivity contribution in [3.8, 4) is 0 Å². The zero-order valence-electron chi connectivity index (χ0n) is 16.9. The highest BCUT2D eigenvalue weighted by Crippen LogP contribution is 2.24. The molecule has 1 amide bonds. The number of nitrogens with one attached hydrogen (secondary N) is 1. The molecule has 0 unspecified atom stereocenters. The van der Waals surface area contributed by atoms with Crippen molar-refractivity contribution in [3.63, 3.8) is 0 Å². The predicted molar refractivity (Wildman–Crippen MR) is 124 cm³/mol. The number of pyridine rings is 1. The van der Waals surface area contributed by atoms with Gasteiger partial charge in [0.25, 0.3) is 11.5 Å². The van der Waals surface area contributed by atoms with Crippen LogP contribution in [-0.2, 0) is 6.54 Å². The number of benzene rings is 3. The maximum Gasteiger partial charge on any atom is 0.345 e. The van der Waals surface area contributed by atoms with E-state index < -0.39 is 17.1 Å². The Balaban J connectivity index is 1.76. The second-order valence-electron chi connectivity index (χ2n) is 7.40. The number of rotatable bonds is 4. The number of fused-ring (bicyclic) bond motifs is 3. The summed E-state index contributed by atoms with van der Waals surface area (Å²) in [4.78, 5) is 39.1. The van der Waals surface area contributed by atoms with E-state index in [1.807, 2.05) is 42.5 Å². The molecule has 0 aliphatic heterocycles. The summed E-state index contributed by atoms with van der Waals surface area (Å²) in [7, 11) is 0. The molecule has 0 radical (unpaired) electrons. The van der Waals surface area contributed by atoms with Gasteiger partial charge in [0.05, 0.1) is 17.4 Å². The largest absolute Gasteiger partial charge is 0.422 e. The third-order valence-corrected chi connectivity index (χ3v) is 5.32. The summed E-state index contributed by atoms with van der Waals surface area (Å²) in [5.41, 5.74) is 1.21. The zero-order chi connectivity index (χ0) is 22.1. The van der Waals surface area contributed by atoms with Crippen LogP contribution in [0.1, 0.15) is 15.9 Å². The molecule has 6 heteroatoms. The van der Waals surface area contributed by atoms with Crippen LogP contribution in [-0.4, -0.2) is 10.5 Å². The van der Waals surface area contributed by atoms with E-state index in [1.54, 1.807) is 42.5 Å². The molecule has 0 aliphatic carbocycles. The van der Waals surface area contributed by atoms with Gasteiger partial charge in [-0.25, -0.2) is 4.79 Å². The van der Waals surface area contributed by atoms with Crippen LogP contribution in [0.25, 0.3) is 21.9 Å². The number of amides is 1. The summed E-state index contributed by atoms with van der Waals surface area (Å²) in [6, 6.07) is 26.6. The smallest absolute Gasteiger partial charge is 0.345 e. The van der Waals surface area contributed by atoms with Crippen LogP contribution in [0.2, 0.25) is 0 Å². The van der Waals surface area contributed by atoms with Gasteiger partial charge in [-0.05, 0) is 35.9 Å². The van der Waals surface area contributed by atoms with Crippen LogP contribution in [0.4, 0.5) is 5.69 Å². The minimum Gasteiger partial charge on any atom is -0.422 e. The maximum absolute atomic E-state index is 13.5. The lowest BCUT2D eigenvalue weighted by Crippen LogP contribution is -2.28. The minimum absolute atomic E-state index is 0.0184. The predicted octanol–water partition coefficient (Wildman–Crippen LogP) is 4.41. The Morgan fingerprint density at radius 2 is 1.47 bits per heavy atom. The molecule has 0 spiro atoms. The number of carbonyl (C=O) groups excluding carboxylic acids is 1. The lowest BCUT2D eigenvalue weighted by Gasteiger charge is -2.15. The van der Waals surface area contributed by atoms with Crippen molar-refractivity contribution in [2.45, 2.75) is 6.54 Å². The van der Waals surface area contributed by atoms with E-state index in [9.17, 15) is 14.4 Å². The summed E-state index contributed by atoms with van der Waals surface area (Å²) < 4.78 is 7.00. The third kappa shape index (κ3) is 3.48. The maximum atomic E-state index is 13.5. The van der Waals surface area contributed by atoms with Gasteiger partial charge in [0, 0.05) is 10.9 Å². The molecular formula is C26H18N2O4. The van der Waals surface area contributed by atoms with Gasteiger partial charge in [-0.2, -0.15) is 0 Å². The van der Waals surface area contributed by atoms with E-state index >= 15 is 0 Å². The molecular weight excluding hydrogens is 404 g/mol. The van der Waals surface area contributed by atoms with Crippen molar-refractivity contribution < 1.29 is 9.21 Å². The molecule has 2 aromatic heterocycles. The average Bonchev–Trinajstić information content (AvgIpc) is 2.83. The summed E-state index contributed by atoms with van der Waals surface area (Å²) in [6.07, 6.45) is 0. The Morgan fingerprint density at radius 3 is 2.22 bits per heavy atom. The van der Waals surface area contributed by atoms with Crippen molar-refractivity contribution in [1.29, 1.82) is 0 Å². The Bertz CT molecular complexity index is 1570. The summed E-state index contributed by atoms with van der Waals surface area (Å²) in [5, 5.41) is 3.54. The van der Waals surface area contributed by atoms with Crippen LogP contribution in [0.15, 0.2) is 105 Å². The molecule has 5 rings (SSSR count). The lowest BCUT2D eigenvalue weighted by molar-refractivity contribution is 0.102. The number of anilines is 1. The molecule has 1 N–H and O–H groups in total. The van der Waals surface area contributed by atoms with Crippen LogP contribution in [0, 0.1) is 0 Å². The van der Waals surface area contributed by atoms with Gasteiger partial charge in [-0.3, -0.25) is 9.59 Å². The molecule has 0 fully saturated rings. The molecule has 0 atom stereocenters. The standard InChI is InChI=1S/C26H18N2O4/c29-24(18-11-5-2-6-12-18)27-21-15-20-23(19-13-7-8-14-22(19)32-26(20)31)28(25(21)30)16-17-9-3-1-4-10-17/h1-15H,16H2,(H,27,29). The van der Waals surface area contributed by atoms with Crippen molar-refractivity contribution in [3.05, 3.63) is 123 Å². The summed E-state index contributed by atoms with van der Waals surface area (Å²) in [6.45, 7) is 0.235. The topological polar surface area (TPSA) is 81.3 Å². The van der Waals surface area contributed by atoms with Crippen molar-refractivity contribution in [2.24, 2.45) is 0 Å². The molecule has 0 bridgehead atoms. The first-order chi connectivity index (χ1) is 15.6. The Morgan fingerprint density at radius 1 is 0.812 bits per heavy atom. The highest BCUT2D eigenvalue weighted by molar-refractivity contribution is 6.07. The lowest BCUT2D eigenvalue weighted by atomic mass is 10.1. The second kappa shape index (κ2) is 8.00. The monoisotopic (exact) mass is 422 g/mol. The molecule has 5 aromatic rings. The number of nitrogens with zero attached hydrogens (tertiary/aromatic N) is 1. The van der Waals surface area contributed by atoms with E-state index in [-0.39, 0.29) is 17.6 Å². The van der Waals surface area contributed by atoms with E-state index in [0.29, 0.717) is 22.0 Å². The van der Waals surface area contributed by atoms with Crippen molar-refractivity contribution in [2.75, 3.05) is 5.32 Å². The number of aromatic nitrogens is 1. The quantitative estimate of drug-likeness (QED) is 0.344. The number of carbonyl (C=O) groups is 1. The molecule has 32 heavy (non-hydrogen) atoms. The average molecular weight is 422 g/mol. The molecule has 0 aliphatic rings. The Labute approximate surface area is 182 Å². The first kappa shape index (κ1) is 19.5. The number of hydrogen-bond donors (Lipinski definition) is 1. The number of hydrogen-bond acceptors (Lipinski definition) is 4. The van der Waals surface area contributed by atoms with E-state index in [0.717, 1.165) is 5.56 Å². The first-order valence-corrected chi connectivity index (χ1v) is 10.1. The van der Waals surface area contributed by atoms with E-state index in [1.165, 1.54) is 10.6 Å². The molecule has 0 saturated heterocycles. The van der Waals surface area contributed by atoms with Gasteiger partial charge in [0.1, 0.15) is 11.3 Å². The van der Waals surface area contributed by atoms with Gasteiger partial charge in [0.15, 0.2) is 0 Å². The van der Waals surface area contributed by atoms with E-state index in [4.69, 9.17) is 4.42 Å². The number of para-hydroxylation sites is 1. The van der Waals surface area contributed by atoms with Gasteiger partial charge < -0.3 is 14.3 Å². The van der Waals surface area contributed by atoms with E-state index in [2.05, 4.69) is 5.32 Å². The Hall–Kier alpha value is -4.45. The van der Waals surface area contributed by atoms with Crippen LogP contribution >= 0.6 is 0 Å². The SMILES string of the molecule is O=C(Nc1cc2c(=O)oc3ccccc3c2n(Cc2ccccc2)c1=O)c1ccccc1. The fraction of sp³-hybridized carbons (Fsp3) is 0.0385. The molecule has 156 valence electrons. The van der Waals surface area contributed by atoms with Gasteiger partial charge >= 0.3 is 5.63 Å². The molecule has 3 aromatic carbocycles. The van der Waals surface area contributed by atoms with Gasteiger partial charge in [0.2, 0.25) is 0 Å². The molecule has 0 saturated carbocycles. The minimum atomic E-state index is -0.573. The molecule has 2 heterocycles.